The molecule has 0 saturated carbocycles. The molecule has 0 bridgehead atoms. The summed E-state index contributed by atoms with van der Waals surface area (Å²) in [6.07, 6.45) is 1.60. The summed E-state index contributed by atoms with van der Waals surface area (Å²) in [6, 6.07) is 3.45. The molecule has 0 unspecified atom stereocenters. The highest BCUT2D eigenvalue weighted by Crippen LogP contribution is 2.17. The average Bonchev–Trinajstić information content (AvgIpc) is 2.52. The minimum absolute atomic E-state index is 0.438. The summed E-state index contributed by atoms with van der Waals surface area (Å²) >= 11 is 0. The number of pyridine rings is 1. The van der Waals surface area contributed by atoms with Gasteiger partial charge in [-0.25, -0.2) is 4.98 Å². The van der Waals surface area contributed by atoms with Gasteiger partial charge in [0.2, 0.25) is 0 Å². The standard InChI is InChI=1S/C8H8N4O/c1-5-11-8(13-12-5)6-2-3-10-7(9)4-6/h2-4H,1H3,(H2,9,10). The molecule has 5 heteroatoms. The summed E-state index contributed by atoms with van der Waals surface area (Å²) in [5.74, 6) is 1.50. The lowest BCUT2D eigenvalue weighted by atomic mass is 10.2. The fourth-order valence-corrected chi connectivity index (χ4v) is 0.996. The van der Waals surface area contributed by atoms with Crippen molar-refractivity contribution in [3.63, 3.8) is 0 Å². The number of nitrogen functional groups attached to an aromatic ring is 1. The SMILES string of the molecule is Cc1noc(-c2ccnc(N)c2)n1. The second-order valence-electron chi connectivity index (χ2n) is 2.62. The van der Waals surface area contributed by atoms with E-state index in [9.17, 15) is 0 Å². The molecule has 0 aromatic carbocycles. The van der Waals surface area contributed by atoms with Crippen LogP contribution < -0.4 is 5.73 Å². The van der Waals surface area contributed by atoms with E-state index in [2.05, 4.69) is 15.1 Å². The van der Waals surface area contributed by atoms with Crippen LogP contribution in [0.25, 0.3) is 11.5 Å². The van der Waals surface area contributed by atoms with Crippen molar-refractivity contribution in [1.82, 2.24) is 15.1 Å². The maximum atomic E-state index is 5.50. The topological polar surface area (TPSA) is 77.8 Å². The van der Waals surface area contributed by atoms with Crippen LogP contribution in [0.15, 0.2) is 22.9 Å². The van der Waals surface area contributed by atoms with Gasteiger partial charge in [0.05, 0.1) is 0 Å². The lowest BCUT2D eigenvalue weighted by Gasteiger charge is -1.93. The lowest BCUT2D eigenvalue weighted by Crippen LogP contribution is -1.89. The summed E-state index contributed by atoms with van der Waals surface area (Å²) in [5, 5.41) is 3.68. The first kappa shape index (κ1) is 7.72. The third kappa shape index (κ3) is 1.48. The Morgan fingerprint density at radius 2 is 2.31 bits per heavy atom. The van der Waals surface area contributed by atoms with Gasteiger partial charge < -0.3 is 10.3 Å². The van der Waals surface area contributed by atoms with Gasteiger partial charge >= 0.3 is 0 Å². The minimum atomic E-state index is 0.438. The van der Waals surface area contributed by atoms with E-state index in [4.69, 9.17) is 10.3 Å². The van der Waals surface area contributed by atoms with E-state index in [1.807, 2.05) is 0 Å². The largest absolute Gasteiger partial charge is 0.384 e. The van der Waals surface area contributed by atoms with Crippen LogP contribution in [0.3, 0.4) is 0 Å². The average molecular weight is 176 g/mol. The van der Waals surface area contributed by atoms with Gasteiger partial charge in [0.15, 0.2) is 5.82 Å². The first-order valence-corrected chi connectivity index (χ1v) is 3.78. The Hall–Kier alpha value is -1.91. The molecule has 2 rings (SSSR count). The van der Waals surface area contributed by atoms with Gasteiger partial charge in [-0.05, 0) is 19.1 Å². The molecule has 0 aliphatic rings. The Kier molecular flexibility index (Phi) is 1.70. The monoisotopic (exact) mass is 176 g/mol. The normalized spacial score (nSPS) is 10.2. The van der Waals surface area contributed by atoms with Crippen LogP contribution in [0.4, 0.5) is 5.82 Å². The fourth-order valence-electron chi connectivity index (χ4n) is 0.996. The van der Waals surface area contributed by atoms with Gasteiger partial charge in [-0.3, -0.25) is 0 Å². The predicted octanol–water partition coefficient (Wildman–Crippen LogP) is 1.02. The van der Waals surface area contributed by atoms with E-state index < -0.39 is 0 Å². The van der Waals surface area contributed by atoms with Crippen molar-refractivity contribution in [2.24, 2.45) is 0 Å². The fraction of sp³-hybridized carbons (Fsp3) is 0.125. The van der Waals surface area contributed by atoms with Crippen LogP contribution in [0.5, 0.6) is 0 Å². The summed E-state index contributed by atoms with van der Waals surface area (Å²) in [6.45, 7) is 1.76. The molecule has 0 aliphatic heterocycles. The van der Waals surface area contributed by atoms with Gasteiger partial charge in [-0.2, -0.15) is 4.98 Å². The molecule has 0 aliphatic carbocycles. The first-order chi connectivity index (χ1) is 6.25. The van der Waals surface area contributed by atoms with E-state index in [1.54, 1.807) is 25.3 Å². The molecule has 0 radical (unpaired) electrons. The van der Waals surface area contributed by atoms with Crippen molar-refractivity contribution >= 4 is 5.82 Å². The second kappa shape index (κ2) is 2.85. The van der Waals surface area contributed by atoms with E-state index in [1.165, 1.54) is 0 Å². The van der Waals surface area contributed by atoms with Crippen molar-refractivity contribution in [3.05, 3.63) is 24.2 Å². The number of hydrogen-bond acceptors (Lipinski definition) is 5. The van der Waals surface area contributed by atoms with Crippen LogP contribution >= 0.6 is 0 Å². The molecular formula is C8H8N4O. The molecule has 0 spiro atoms. The number of anilines is 1. The zero-order chi connectivity index (χ0) is 9.26. The zero-order valence-electron chi connectivity index (χ0n) is 7.06. The Morgan fingerprint density at radius 1 is 1.46 bits per heavy atom. The van der Waals surface area contributed by atoms with Crippen LogP contribution in [-0.2, 0) is 0 Å². The van der Waals surface area contributed by atoms with E-state index in [0.717, 1.165) is 5.56 Å². The Morgan fingerprint density at radius 3 is 2.92 bits per heavy atom. The van der Waals surface area contributed by atoms with Crippen molar-refractivity contribution in [1.29, 1.82) is 0 Å². The van der Waals surface area contributed by atoms with Gasteiger partial charge in [-0.1, -0.05) is 5.16 Å². The molecule has 13 heavy (non-hydrogen) atoms. The molecule has 0 amide bonds. The first-order valence-electron chi connectivity index (χ1n) is 3.78. The third-order valence-electron chi connectivity index (χ3n) is 1.56. The van der Waals surface area contributed by atoms with E-state index >= 15 is 0 Å². The molecule has 2 aromatic heterocycles. The molecular weight excluding hydrogens is 168 g/mol. The van der Waals surface area contributed by atoms with Crippen LogP contribution in [-0.4, -0.2) is 15.1 Å². The van der Waals surface area contributed by atoms with Gasteiger partial charge in [0.25, 0.3) is 5.89 Å². The Bertz CT molecular complexity index is 424. The molecule has 2 aromatic rings. The molecule has 2 heterocycles. The smallest absolute Gasteiger partial charge is 0.258 e. The van der Waals surface area contributed by atoms with Crippen LogP contribution in [0, 0.1) is 6.92 Å². The van der Waals surface area contributed by atoms with Crippen molar-refractivity contribution in [2.45, 2.75) is 6.92 Å². The van der Waals surface area contributed by atoms with E-state index in [0.29, 0.717) is 17.5 Å². The highest BCUT2D eigenvalue weighted by Gasteiger charge is 2.05. The number of aryl methyl sites for hydroxylation is 1. The van der Waals surface area contributed by atoms with E-state index in [-0.39, 0.29) is 0 Å². The summed E-state index contributed by atoms with van der Waals surface area (Å²) < 4.78 is 4.96. The number of rotatable bonds is 1. The van der Waals surface area contributed by atoms with Gasteiger partial charge in [0, 0.05) is 11.8 Å². The molecule has 0 atom stereocenters. The highest BCUT2D eigenvalue weighted by molar-refractivity contribution is 5.56. The molecule has 66 valence electrons. The van der Waals surface area contributed by atoms with Crippen LogP contribution in [0.1, 0.15) is 5.82 Å². The quantitative estimate of drug-likeness (QED) is 0.701. The maximum Gasteiger partial charge on any atom is 0.258 e. The maximum absolute atomic E-state index is 5.50. The second-order valence-corrected chi connectivity index (χ2v) is 2.62. The summed E-state index contributed by atoms with van der Waals surface area (Å²) in [7, 11) is 0. The summed E-state index contributed by atoms with van der Waals surface area (Å²) in [4.78, 5) is 7.92. The van der Waals surface area contributed by atoms with Gasteiger partial charge in [0.1, 0.15) is 5.82 Å². The van der Waals surface area contributed by atoms with Crippen molar-refractivity contribution < 1.29 is 4.52 Å². The number of nitrogens with zero attached hydrogens (tertiary/aromatic N) is 3. The minimum Gasteiger partial charge on any atom is -0.384 e. The molecule has 2 N–H and O–H groups in total. The molecule has 0 fully saturated rings. The predicted molar refractivity (Wildman–Crippen MR) is 46.7 cm³/mol. The highest BCUT2D eigenvalue weighted by atomic mass is 16.5. The number of aromatic nitrogens is 3. The van der Waals surface area contributed by atoms with Gasteiger partial charge in [-0.15, -0.1) is 0 Å². The van der Waals surface area contributed by atoms with Crippen molar-refractivity contribution in [2.75, 3.05) is 5.73 Å². The Labute approximate surface area is 74.6 Å². The lowest BCUT2D eigenvalue weighted by molar-refractivity contribution is 0.425. The number of hydrogen-bond donors (Lipinski definition) is 1. The molecule has 5 nitrogen and oxygen atoms in total. The van der Waals surface area contributed by atoms with Crippen molar-refractivity contribution in [3.8, 4) is 11.5 Å². The number of nitrogens with two attached hydrogens (primary N) is 1. The third-order valence-corrected chi connectivity index (χ3v) is 1.56. The Balaban J connectivity index is 2.46. The zero-order valence-corrected chi connectivity index (χ0v) is 7.06. The van der Waals surface area contributed by atoms with Crippen LogP contribution in [0.2, 0.25) is 0 Å². The summed E-state index contributed by atoms with van der Waals surface area (Å²) in [5.41, 5.74) is 6.29. The molecule has 0 saturated heterocycles.